The maximum atomic E-state index is 11.2. The van der Waals surface area contributed by atoms with Crippen LogP contribution in [-0.2, 0) is 42.9 Å². The Morgan fingerprint density at radius 1 is 0.750 bits per heavy atom. The summed E-state index contributed by atoms with van der Waals surface area (Å²) in [5, 5.41) is 16.5. The van der Waals surface area contributed by atoms with E-state index >= 15 is 0 Å². The van der Waals surface area contributed by atoms with Crippen molar-refractivity contribution in [2.45, 2.75) is 12.8 Å². The molecule has 234 valence electrons. The minimum atomic E-state index is -1.17. The van der Waals surface area contributed by atoms with Crippen LogP contribution in [0.2, 0.25) is 0 Å². The smallest absolute Gasteiger partial charge is 0.331 e. The van der Waals surface area contributed by atoms with Gasteiger partial charge in [-0.05, 0) is 17.8 Å². The molecule has 0 saturated carbocycles. The molecule has 40 heavy (non-hydrogen) atoms. The number of esters is 3. The quantitative estimate of drug-likeness (QED) is 0.0766. The number of carbonyl (C=O) groups excluding carboxylic acids is 3. The van der Waals surface area contributed by atoms with E-state index in [2.05, 4.69) is 41.9 Å². The average Bonchev–Trinajstić information content (AvgIpc) is 2.98. The number of morpholine rings is 2. The summed E-state index contributed by atoms with van der Waals surface area (Å²) in [6.45, 7) is 9.70. The van der Waals surface area contributed by atoms with Crippen LogP contribution < -0.4 is 0 Å². The molecular formula is C25H44I2N2O11. The highest BCUT2D eigenvalue weighted by molar-refractivity contribution is 14.1. The average molecular weight is 802 g/mol. The molecule has 0 aromatic carbocycles. The van der Waals surface area contributed by atoms with Gasteiger partial charge in [-0.1, -0.05) is 22.6 Å². The molecule has 2 heterocycles. The van der Waals surface area contributed by atoms with Gasteiger partial charge in [0.1, 0.15) is 0 Å². The monoisotopic (exact) mass is 802 g/mol. The molecule has 13 nitrogen and oxygen atoms in total. The van der Waals surface area contributed by atoms with Crippen molar-refractivity contribution in [3.63, 3.8) is 0 Å². The Bertz CT molecular complexity index is 713. The minimum Gasteiger partial charge on any atom is -0.478 e. The van der Waals surface area contributed by atoms with Crippen molar-refractivity contribution in [3.8, 4) is 0 Å². The number of halogens is 2. The fourth-order valence-corrected chi connectivity index (χ4v) is 2.86. The van der Waals surface area contributed by atoms with Gasteiger partial charge in [0.25, 0.3) is 0 Å². The maximum Gasteiger partial charge on any atom is 0.331 e. The molecule has 2 aliphatic rings. The number of aliphatic hydroxyl groups is 1. The topological polar surface area (TPSA) is 161 Å². The van der Waals surface area contributed by atoms with Gasteiger partial charge in [-0.15, -0.1) is 24.0 Å². The van der Waals surface area contributed by atoms with E-state index in [1.807, 2.05) is 4.93 Å². The van der Waals surface area contributed by atoms with Crippen molar-refractivity contribution in [2.75, 3.05) is 98.1 Å². The normalized spacial score (nSPS) is 15.1. The standard InChI is InChI=1S/C12H19NO5.C7H15NO2.C5H6O4.CH3I.HI/c1-16-11(14)3-4-12(15)18-8-2-5-13-6-9-17-10-7-13;9-5-1-2-8-3-6-10-7-4-8;1-9-5(8)3-2-4(6)7;1-2;/h3-4H,2,5-10H2,1H3;9H,1-7H2;2-3H,1H3,(H,6,7);1H3;1H/b4-3+;;3-2+;;. The van der Waals surface area contributed by atoms with E-state index in [0.29, 0.717) is 19.3 Å². The Hall–Kier alpha value is -1.38. The molecule has 0 unspecified atom stereocenters. The van der Waals surface area contributed by atoms with Crippen molar-refractivity contribution >= 4 is 70.4 Å². The number of rotatable bonds is 11. The van der Waals surface area contributed by atoms with Gasteiger partial charge in [-0.25, -0.2) is 19.2 Å². The number of methoxy groups -OCH3 is 2. The molecule has 0 bridgehead atoms. The first-order valence-electron chi connectivity index (χ1n) is 12.3. The maximum absolute atomic E-state index is 11.2. The van der Waals surface area contributed by atoms with E-state index in [1.54, 1.807) is 0 Å². The third kappa shape index (κ3) is 29.6. The summed E-state index contributed by atoms with van der Waals surface area (Å²) in [5.41, 5.74) is 0. The molecule has 0 radical (unpaired) electrons. The van der Waals surface area contributed by atoms with Gasteiger partial charge in [0, 0.05) is 70.2 Å². The van der Waals surface area contributed by atoms with E-state index in [1.165, 1.54) is 14.2 Å². The Balaban J connectivity index is -0.000000531. The van der Waals surface area contributed by atoms with Crippen molar-refractivity contribution in [2.24, 2.45) is 0 Å². The van der Waals surface area contributed by atoms with Gasteiger partial charge < -0.3 is 33.9 Å². The van der Waals surface area contributed by atoms with E-state index in [9.17, 15) is 19.2 Å². The van der Waals surface area contributed by atoms with Gasteiger partial charge in [-0.2, -0.15) is 0 Å². The molecule has 0 spiro atoms. The predicted octanol–water partition coefficient (Wildman–Crippen LogP) is 1.15. The predicted molar refractivity (Wildman–Crippen MR) is 167 cm³/mol. The van der Waals surface area contributed by atoms with E-state index in [4.69, 9.17) is 24.4 Å². The largest absolute Gasteiger partial charge is 0.478 e. The summed E-state index contributed by atoms with van der Waals surface area (Å²) in [4.78, 5) is 48.3. The molecule has 15 heteroatoms. The van der Waals surface area contributed by atoms with Gasteiger partial charge in [0.2, 0.25) is 0 Å². The summed E-state index contributed by atoms with van der Waals surface area (Å²) in [5.74, 6) is -2.93. The molecule has 0 aromatic heterocycles. The number of nitrogens with zero attached hydrogens (tertiary/aromatic N) is 2. The summed E-state index contributed by atoms with van der Waals surface area (Å²) >= 11 is 2.15. The first-order valence-corrected chi connectivity index (χ1v) is 14.5. The second-order valence-corrected chi connectivity index (χ2v) is 7.56. The zero-order valence-electron chi connectivity index (χ0n) is 23.5. The summed E-state index contributed by atoms with van der Waals surface area (Å²) in [7, 11) is 2.43. The number of aliphatic hydroxyl groups excluding tert-OH is 1. The zero-order chi connectivity index (χ0) is 29.7. The number of carboxylic acid groups (broad SMARTS) is 1. The van der Waals surface area contributed by atoms with Crippen molar-refractivity contribution in [1.29, 1.82) is 0 Å². The second-order valence-electron chi connectivity index (χ2n) is 7.56. The fraction of sp³-hybridized carbons (Fsp3) is 0.680. The van der Waals surface area contributed by atoms with E-state index in [0.717, 1.165) is 96.8 Å². The Labute approximate surface area is 267 Å². The molecular weight excluding hydrogens is 758 g/mol. The van der Waals surface area contributed by atoms with Crippen LogP contribution in [0.25, 0.3) is 0 Å². The molecule has 0 amide bonds. The van der Waals surface area contributed by atoms with Crippen LogP contribution in [0.15, 0.2) is 24.3 Å². The number of hydrogen-bond acceptors (Lipinski definition) is 12. The number of carboxylic acids is 1. The van der Waals surface area contributed by atoms with Gasteiger partial charge in [0.15, 0.2) is 0 Å². The number of alkyl halides is 1. The number of ether oxygens (including phenoxy) is 5. The lowest BCUT2D eigenvalue weighted by Crippen LogP contribution is -2.37. The highest BCUT2D eigenvalue weighted by atomic mass is 127. The van der Waals surface area contributed by atoms with Crippen LogP contribution in [0.3, 0.4) is 0 Å². The van der Waals surface area contributed by atoms with Crippen LogP contribution >= 0.6 is 46.6 Å². The Morgan fingerprint density at radius 3 is 1.55 bits per heavy atom. The number of aliphatic carboxylic acids is 1. The zero-order valence-corrected chi connectivity index (χ0v) is 27.9. The molecule has 2 rings (SSSR count). The van der Waals surface area contributed by atoms with Crippen LogP contribution in [0.1, 0.15) is 12.8 Å². The first kappa shape index (κ1) is 43.1. The highest BCUT2D eigenvalue weighted by Gasteiger charge is 2.10. The molecule has 0 aliphatic carbocycles. The van der Waals surface area contributed by atoms with E-state index in [-0.39, 0.29) is 24.0 Å². The van der Waals surface area contributed by atoms with Gasteiger partial charge in [0.05, 0.1) is 47.3 Å². The second kappa shape index (κ2) is 32.1. The molecule has 2 aliphatic heterocycles. The summed E-state index contributed by atoms with van der Waals surface area (Å²) < 4.78 is 23.8. The van der Waals surface area contributed by atoms with Crippen molar-refractivity contribution in [3.05, 3.63) is 24.3 Å². The summed E-state index contributed by atoms with van der Waals surface area (Å²) in [6.07, 6.45) is 5.33. The fourth-order valence-electron chi connectivity index (χ4n) is 2.86. The Morgan fingerprint density at radius 2 is 1.15 bits per heavy atom. The first-order chi connectivity index (χ1) is 18.8. The summed E-state index contributed by atoms with van der Waals surface area (Å²) in [6, 6.07) is 0. The van der Waals surface area contributed by atoms with Crippen molar-refractivity contribution in [1.82, 2.24) is 9.80 Å². The van der Waals surface area contributed by atoms with Crippen LogP contribution in [0.5, 0.6) is 0 Å². The molecule has 2 N–H and O–H groups in total. The number of carbonyl (C=O) groups is 4. The highest BCUT2D eigenvalue weighted by Crippen LogP contribution is 1.99. The SMILES string of the molecule is CI.COC(=O)/C=C/C(=O)O.COC(=O)/C=C/C(=O)OCCCN1CCOCC1.I.OCCCN1CCOCC1. The third-order valence-corrected chi connectivity index (χ3v) is 4.82. The van der Waals surface area contributed by atoms with Crippen LogP contribution in [-0.4, -0.2) is 142 Å². The van der Waals surface area contributed by atoms with Crippen LogP contribution in [0.4, 0.5) is 0 Å². The molecule has 0 atom stereocenters. The number of hydrogen-bond donors (Lipinski definition) is 2. The molecule has 2 fully saturated rings. The molecule has 2 saturated heterocycles. The lowest BCUT2D eigenvalue weighted by atomic mass is 10.3. The third-order valence-electron chi connectivity index (χ3n) is 4.82. The minimum absolute atomic E-state index is 0. The van der Waals surface area contributed by atoms with E-state index < -0.39 is 23.9 Å². The Kier molecular flexibility index (Phi) is 34.6. The van der Waals surface area contributed by atoms with Crippen LogP contribution in [0, 0.1) is 0 Å². The van der Waals surface area contributed by atoms with Gasteiger partial charge in [-0.3, -0.25) is 9.80 Å². The van der Waals surface area contributed by atoms with Gasteiger partial charge >= 0.3 is 23.9 Å². The van der Waals surface area contributed by atoms with Crippen molar-refractivity contribution < 1.29 is 53.1 Å². The lowest BCUT2D eigenvalue weighted by Gasteiger charge is -2.26. The lowest BCUT2D eigenvalue weighted by molar-refractivity contribution is -0.139. The molecule has 0 aromatic rings.